The summed E-state index contributed by atoms with van der Waals surface area (Å²) in [4.78, 5) is 23.6. The molecule has 2 rings (SSSR count). The molecule has 0 aliphatic carbocycles. The van der Waals surface area contributed by atoms with E-state index in [9.17, 15) is 9.59 Å². The maximum absolute atomic E-state index is 11.9. The molecule has 26 heavy (non-hydrogen) atoms. The predicted molar refractivity (Wildman–Crippen MR) is 103 cm³/mol. The van der Waals surface area contributed by atoms with E-state index in [0.717, 1.165) is 15.6 Å². The summed E-state index contributed by atoms with van der Waals surface area (Å²) >= 11 is 3.37. The third-order valence-corrected chi connectivity index (χ3v) is 4.20. The summed E-state index contributed by atoms with van der Waals surface area (Å²) in [6, 6.07) is 15.1. The number of carbonyl (C=O) groups is 2. The SMILES string of the molecule is Cc1cccc(OCCC(=O)OCC(=O)N[C@@H](C)c2ccc(Br)cc2)c1. The van der Waals surface area contributed by atoms with Crippen molar-refractivity contribution in [3.05, 3.63) is 64.1 Å². The van der Waals surface area contributed by atoms with E-state index in [2.05, 4.69) is 21.2 Å². The van der Waals surface area contributed by atoms with Gasteiger partial charge in [-0.2, -0.15) is 0 Å². The predicted octanol–water partition coefficient (Wildman–Crippen LogP) is 3.95. The van der Waals surface area contributed by atoms with Gasteiger partial charge >= 0.3 is 5.97 Å². The number of rotatable bonds is 8. The molecule has 138 valence electrons. The first-order chi connectivity index (χ1) is 12.4. The van der Waals surface area contributed by atoms with E-state index in [0.29, 0.717) is 5.75 Å². The summed E-state index contributed by atoms with van der Waals surface area (Å²) < 4.78 is 11.4. The molecule has 6 heteroatoms. The van der Waals surface area contributed by atoms with E-state index in [-0.39, 0.29) is 31.6 Å². The average molecular weight is 420 g/mol. The number of amides is 1. The molecule has 1 amide bonds. The molecule has 0 bridgehead atoms. The van der Waals surface area contributed by atoms with Gasteiger partial charge in [-0.3, -0.25) is 9.59 Å². The quantitative estimate of drug-likeness (QED) is 0.657. The fourth-order valence-electron chi connectivity index (χ4n) is 2.29. The Morgan fingerprint density at radius 3 is 2.58 bits per heavy atom. The summed E-state index contributed by atoms with van der Waals surface area (Å²) in [5.74, 6) is -0.101. The smallest absolute Gasteiger partial charge is 0.309 e. The van der Waals surface area contributed by atoms with Crippen LogP contribution >= 0.6 is 15.9 Å². The Hall–Kier alpha value is -2.34. The molecule has 0 heterocycles. The Bertz CT molecular complexity index is 746. The van der Waals surface area contributed by atoms with E-state index in [1.807, 2.05) is 62.4 Å². The van der Waals surface area contributed by atoms with Crippen molar-refractivity contribution in [3.8, 4) is 5.75 Å². The molecule has 2 aromatic carbocycles. The summed E-state index contributed by atoms with van der Waals surface area (Å²) in [6.45, 7) is 3.75. The maximum Gasteiger partial charge on any atom is 0.309 e. The summed E-state index contributed by atoms with van der Waals surface area (Å²) in [5, 5.41) is 2.80. The molecule has 0 aromatic heterocycles. The average Bonchev–Trinajstić information content (AvgIpc) is 2.60. The van der Waals surface area contributed by atoms with Gasteiger partial charge in [-0.25, -0.2) is 0 Å². The highest BCUT2D eigenvalue weighted by atomic mass is 79.9. The molecule has 0 saturated heterocycles. The highest BCUT2D eigenvalue weighted by Gasteiger charge is 2.12. The first-order valence-corrected chi connectivity index (χ1v) is 9.13. The Balaban J connectivity index is 1.66. The maximum atomic E-state index is 11.9. The van der Waals surface area contributed by atoms with Crippen LogP contribution in [0.25, 0.3) is 0 Å². The normalized spacial score (nSPS) is 11.5. The van der Waals surface area contributed by atoms with E-state index in [1.165, 1.54) is 0 Å². The Labute approximate surface area is 161 Å². The fraction of sp³-hybridized carbons (Fsp3) is 0.300. The van der Waals surface area contributed by atoms with Gasteiger partial charge in [-0.15, -0.1) is 0 Å². The van der Waals surface area contributed by atoms with Crippen LogP contribution in [0.15, 0.2) is 53.0 Å². The first kappa shape index (κ1) is 20.0. The van der Waals surface area contributed by atoms with Crippen LogP contribution in [0.5, 0.6) is 5.75 Å². The molecular formula is C20H22BrNO4. The highest BCUT2D eigenvalue weighted by molar-refractivity contribution is 9.10. The van der Waals surface area contributed by atoms with Crippen LogP contribution in [0.3, 0.4) is 0 Å². The van der Waals surface area contributed by atoms with Gasteiger partial charge in [0.15, 0.2) is 6.61 Å². The Kier molecular flexibility index (Phi) is 7.66. The van der Waals surface area contributed by atoms with Crippen LogP contribution < -0.4 is 10.1 Å². The van der Waals surface area contributed by atoms with Gasteiger partial charge in [0.05, 0.1) is 19.1 Å². The third kappa shape index (κ3) is 6.88. The lowest BCUT2D eigenvalue weighted by atomic mass is 10.1. The minimum atomic E-state index is -0.468. The summed E-state index contributed by atoms with van der Waals surface area (Å²) in [6.07, 6.45) is 0.0868. The van der Waals surface area contributed by atoms with Gasteiger partial charge in [0.2, 0.25) is 0 Å². The van der Waals surface area contributed by atoms with Crippen LogP contribution in [0.2, 0.25) is 0 Å². The number of benzene rings is 2. The zero-order valence-electron chi connectivity index (χ0n) is 14.8. The molecule has 5 nitrogen and oxygen atoms in total. The van der Waals surface area contributed by atoms with Gasteiger partial charge in [0, 0.05) is 4.47 Å². The molecule has 0 spiro atoms. The zero-order valence-corrected chi connectivity index (χ0v) is 16.4. The van der Waals surface area contributed by atoms with Crippen molar-refractivity contribution in [2.75, 3.05) is 13.2 Å². The van der Waals surface area contributed by atoms with Crippen molar-refractivity contribution in [2.45, 2.75) is 26.3 Å². The molecule has 1 N–H and O–H groups in total. The number of hydrogen-bond acceptors (Lipinski definition) is 4. The molecule has 0 fully saturated rings. The number of ether oxygens (including phenoxy) is 2. The molecule has 0 radical (unpaired) electrons. The number of aryl methyl sites for hydroxylation is 1. The van der Waals surface area contributed by atoms with Crippen LogP contribution in [-0.2, 0) is 14.3 Å². The van der Waals surface area contributed by atoms with Gasteiger partial charge in [-0.1, -0.05) is 40.2 Å². The first-order valence-electron chi connectivity index (χ1n) is 8.34. The second-order valence-corrected chi connectivity index (χ2v) is 6.83. The van der Waals surface area contributed by atoms with Crippen molar-refractivity contribution >= 4 is 27.8 Å². The molecule has 0 aliphatic rings. The second-order valence-electron chi connectivity index (χ2n) is 5.92. The topological polar surface area (TPSA) is 64.6 Å². The number of esters is 1. The standard InChI is InChI=1S/C20H22BrNO4/c1-14-4-3-5-18(12-14)25-11-10-20(24)26-13-19(23)22-15(2)16-6-8-17(21)9-7-16/h3-9,12,15H,10-11,13H2,1-2H3,(H,22,23)/t15-/m0/s1. The highest BCUT2D eigenvalue weighted by Crippen LogP contribution is 2.16. The molecule has 0 saturated carbocycles. The van der Waals surface area contributed by atoms with Crippen molar-refractivity contribution in [1.82, 2.24) is 5.32 Å². The zero-order chi connectivity index (χ0) is 18.9. The van der Waals surface area contributed by atoms with E-state index < -0.39 is 5.97 Å². The number of halogens is 1. The number of nitrogens with one attached hydrogen (secondary N) is 1. The van der Waals surface area contributed by atoms with Crippen molar-refractivity contribution in [3.63, 3.8) is 0 Å². The molecule has 0 unspecified atom stereocenters. The van der Waals surface area contributed by atoms with Crippen molar-refractivity contribution < 1.29 is 19.1 Å². The molecular weight excluding hydrogens is 398 g/mol. The fourth-order valence-corrected chi connectivity index (χ4v) is 2.56. The lowest BCUT2D eigenvalue weighted by Crippen LogP contribution is -2.31. The van der Waals surface area contributed by atoms with Crippen LogP contribution in [0.1, 0.15) is 30.5 Å². The lowest BCUT2D eigenvalue weighted by molar-refractivity contribution is -0.149. The number of carbonyl (C=O) groups excluding carboxylic acids is 2. The number of hydrogen-bond donors (Lipinski definition) is 1. The van der Waals surface area contributed by atoms with E-state index >= 15 is 0 Å². The minimum Gasteiger partial charge on any atom is -0.493 e. The molecule has 0 aliphatic heterocycles. The van der Waals surface area contributed by atoms with Crippen LogP contribution in [-0.4, -0.2) is 25.1 Å². The lowest BCUT2D eigenvalue weighted by Gasteiger charge is -2.14. The van der Waals surface area contributed by atoms with Gasteiger partial charge in [0.1, 0.15) is 5.75 Å². The van der Waals surface area contributed by atoms with E-state index in [4.69, 9.17) is 9.47 Å². The summed E-state index contributed by atoms with van der Waals surface area (Å²) in [7, 11) is 0. The van der Waals surface area contributed by atoms with Crippen molar-refractivity contribution in [1.29, 1.82) is 0 Å². The summed E-state index contributed by atoms with van der Waals surface area (Å²) in [5.41, 5.74) is 2.06. The largest absolute Gasteiger partial charge is 0.493 e. The second kappa shape index (κ2) is 9.97. The Morgan fingerprint density at radius 1 is 1.15 bits per heavy atom. The van der Waals surface area contributed by atoms with Crippen molar-refractivity contribution in [2.24, 2.45) is 0 Å². The van der Waals surface area contributed by atoms with Gasteiger partial charge in [-0.05, 0) is 49.2 Å². The Morgan fingerprint density at radius 2 is 1.88 bits per heavy atom. The third-order valence-electron chi connectivity index (χ3n) is 3.68. The van der Waals surface area contributed by atoms with Crippen LogP contribution in [0, 0.1) is 6.92 Å². The van der Waals surface area contributed by atoms with E-state index in [1.54, 1.807) is 0 Å². The van der Waals surface area contributed by atoms with Gasteiger partial charge in [0.25, 0.3) is 5.91 Å². The minimum absolute atomic E-state index is 0.0868. The molecule has 2 aromatic rings. The molecule has 1 atom stereocenters. The van der Waals surface area contributed by atoms with Crippen LogP contribution in [0.4, 0.5) is 0 Å². The monoisotopic (exact) mass is 419 g/mol. The van der Waals surface area contributed by atoms with Gasteiger partial charge < -0.3 is 14.8 Å².